The van der Waals surface area contributed by atoms with E-state index >= 15 is 0 Å². The van der Waals surface area contributed by atoms with Crippen LogP contribution in [0.3, 0.4) is 0 Å². The molecule has 102 valence electrons. The van der Waals surface area contributed by atoms with Gasteiger partial charge in [-0.25, -0.2) is 4.39 Å². The van der Waals surface area contributed by atoms with E-state index in [9.17, 15) is 14.0 Å². The highest BCUT2D eigenvalue weighted by Gasteiger charge is 2.39. The molecule has 1 heterocycles. The van der Waals surface area contributed by atoms with Crippen LogP contribution in [0.25, 0.3) is 0 Å². The van der Waals surface area contributed by atoms with Crippen molar-refractivity contribution in [2.45, 2.75) is 19.3 Å². The number of unbranched alkanes of at least 4 members (excludes halogenated alkanes) is 2. The van der Waals surface area contributed by atoms with Gasteiger partial charge in [0.15, 0.2) is 0 Å². The molecule has 0 fully saturated rings. The number of carbonyl (C=O) groups excluding carboxylic acids is 2. The molecule has 0 radical (unpaired) electrons. The molecule has 0 saturated heterocycles. The third-order valence-corrected chi connectivity index (χ3v) is 3.37. The Morgan fingerprint density at radius 3 is 2.63 bits per heavy atom. The second kappa shape index (κ2) is 5.67. The van der Waals surface area contributed by atoms with Crippen molar-refractivity contribution in [2.24, 2.45) is 0 Å². The number of fused-ring (bicyclic) bond motifs is 1. The van der Waals surface area contributed by atoms with Crippen molar-refractivity contribution in [3.8, 4) is 0 Å². The van der Waals surface area contributed by atoms with Crippen LogP contribution in [0.4, 0.5) is 10.1 Å². The highest BCUT2D eigenvalue weighted by molar-refractivity contribution is 6.55. The third-order valence-electron chi connectivity index (χ3n) is 3.05. The van der Waals surface area contributed by atoms with Gasteiger partial charge in [0.2, 0.25) is 0 Å². The van der Waals surface area contributed by atoms with E-state index in [0.717, 1.165) is 11.0 Å². The molecule has 1 aromatic carbocycles. The van der Waals surface area contributed by atoms with Crippen molar-refractivity contribution < 1.29 is 19.1 Å². The van der Waals surface area contributed by atoms with Crippen molar-refractivity contribution in [2.75, 3.05) is 18.1 Å². The van der Waals surface area contributed by atoms with E-state index in [-0.39, 0.29) is 29.4 Å². The van der Waals surface area contributed by atoms with E-state index in [2.05, 4.69) is 0 Å². The summed E-state index contributed by atoms with van der Waals surface area (Å²) in [5.74, 6) is -2.13. The lowest BCUT2D eigenvalue weighted by Gasteiger charge is -2.16. The van der Waals surface area contributed by atoms with Gasteiger partial charge < -0.3 is 10.0 Å². The van der Waals surface area contributed by atoms with Crippen molar-refractivity contribution in [1.82, 2.24) is 0 Å². The van der Waals surface area contributed by atoms with Crippen LogP contribution in [0.1, 0.15) is 29.6 Å². The molecule has 0 spiro atoms. The number of ketones is 1. The minimum Gasteiger partial charge on any atom is -0.396 e. The number of halogens is 2. The Labute approximate surface area is 114 Å². The first-order chi connectivity index (χ1) is 9.07. The van der Waals surface area contributed by atoms with E-state index in [4.69, 9.17) is 16.7 Å². The molecule has 1 aliphatic heterocycles. The number of aliphatic hydroxyl groups excluding tert-OH is 1. The van der Waals surface area contributed by atoms with Crippen LogP contribution in [0.15, 0.2) is 12.1 Å². The zero-order valence-electron chi connectivity index (χ0n) is 10.2. The lowest BCUT2D eigenvalue weighted by Crippen LogP contribution is -2.31. The molecule has 1 N–H and O–H groups in total. The Morgan fingerprint density at radius 2 is 1.95 bits per heavy atom. The van der Waals surface area contributed by atoms with E-state index in [1.54, 1.807) is 0 Å². The fraction of sp³-hybridized carbons (Fsp3) is 0.385. The summed E-state index contributed by atoms with van der Waals surface area (Å²) < 4.78 is 13.8. The fourth-order valence-corrected chi connectivity index (χ4v) is 2.36. The van der Waals surface area contributed by atoms with Gasteiger partial charge in [-0.1, -0.05) is 11.6 Å². The maximum Gasteiger partial charge on any atom is 0.299 e. The van der Waals surface area contributed by atoms with Crippen LogP contribution in [0.5, 0.6) is 0 Å². The van der Waals surface area contributed by atoms with Gasteiger partial charge in [0, 0.05) is 13.2 Å². The quantitative estimate of drug-likeness (QED) is 0.666. The molecule has 1 aliphatic rings. The molecular formula is C13H13ClFNO3. The predicted molar refractivity (Wildman–Crippen MR) is 69.0 cm³/mol. The van der Waals surface area contributed by atoms with Crippen molar-refractivity contribution in [3.63, 3.8) is 0 Å². The number of hydrogen-bond donors (Lipinski definition) is 1. The maximum absolute atomic E-state index is 13.8. The second-order valence-electron chi connectivity index (χ2n) is 4.32. The Balaban J connectivity index is 2.26. The van der Waals surface area contributed by atoms with Gasteiger partial charge in [-0.05, 0) is 31.4 Å². The van der Waals surface area contributed by atoms with Crippen LogP contribution in [0, 0.1) is 5.82 Å². The van der Waals surface area contributed by atoms with E-state index in [1.807, 2.05) is 0 Å². The number of benzene rings is 1. The summed E-state index contributed by atoms with van der Waals surface area (Å²) in [6.07, 6.45) is 1.90. The van der Waals surface area contributed by atoms with Crippen LogP contribution in [-0.4, -0.2) is 29.9 Å². The molecule has 0 bridgehead atoms. The topological polar surface area (TPSA) is 57.6 Å². The molecule has 1 aromatic rings. The molecular weight excluding hydrogens is 273 g/mol. The third kappa shape index (κ3) is 2.48. The number of rotatable bonds is 5. The minimum absolute atomic E-state index is 0.0218. The average molecular weight is 286 g/mol. The number of nitrogens with zero attached hydrogens (tertiary/aromatic N) is 1. The molecule has 2 rings (SSSR count). The molecule has 0 saturated carbocycles. The van der Waals surface area contributed by atoms with Gasteiger partial charge in [-0.3, -0.25) is 9.59 Å². The van der Waals surface area contributed by atoms with Crippen LogP contribution < -0.4 is 4.90 Å². The normalized spacial score (nSPS) is 14.2. The number of amides is 1. The van der Waals surface area contributed by atoms with Crippen LogP contribution in [0.2, 0.25) is 5.02 Å². The lowest BCUT2D eigenvalue weighted by molar-refractivity contribution is -0.114. The number of anilines is 1. The van der Waals surface area contributed by atoms with Crippen molar-refractivity contribution in [1.29, 1.82) is 0 Å². The van der Waals surface area contributed by atoms with Gasteiger partial charge in [-0.2, -0.15) is 0 Å². The Morgan fingerprint density at radius 1 is 1.21 bits per heavy atom. The molecule has 0 unspecified atom stereocenters. The lowest BCUT2D eigenvalue weighted by atomic mass is 10.1. The molecule has 19 heavy (non-hydrogen) atoms. The van der Waals surface area contributed by atoms with Gasteiger partial charge in [0.25, 0.3) is 11.7 Å². The molecule has 4 nitrogen and oxygen atoms in total. The minimum atomic E-state index is -0.762. The molecule has 1 amide bonds. The highest BCUT2D eigenvalue weighted by Crippen LogP contribution is 2.36. The molecule has 0 aliphatic carbocycles. The number of carbonyl (C=O) groups is 2. The second-order valence-corrected chi connectivity index (χ2v) is 4.73. The smallest absolute Gasteiger partial charge is 0.299 e. The summed E-state index contributed by atoms with van der Waals surface area (Å²) in [5.41, 5.74) is -0.0691. The summed E-state index contributed by atoms with van der Waals surface area (Å²) in [7, 11) is 0. The van der Waals surface area contributed by atoms with Crippen LogP contribution in [-0.2, 0) is 4.79 Å². The Kier molecular flexibility index (Phi) is 4.17. The largest absolute Gasteiger partial charge is 0.396 e. The van der Waals surface area contributed by atoms with Gasteiger partial charge >= 0.3 is 0 Å². The molecule has 0 aromatic heterocycles. The highest BCUT2D eigenvalue weighted by atomic mass is 35.5. The zero-order chi connectivity index (χ0) is 14.0. The zero-order valence-corrected chi connectivity index (χ0v) is 10.9. The molecule has 6 heteroatoms. The summed E-state index contributed by atoms with van der Waals surface area (Å²) in [4.78, 5) is 24.8. The first-order valence-corrected chi connectivity index (χ1v) is 6.40. The number of hydrogen-bond acceptors (Lipinski definition) is 3. The molecule has 0 atom stereocenters. The van der Waals surface area contributed by atoms with Gasteiger partial charge in [-0.15, -0.1) is 0 Å². The average Bonchev–Trinajstić information content (AvgIpc) is 2.65. The van der Waals surface area contributed by atoms with E-state index in [0.29, 0.717) is 19.3 Å². The predicted octanol–water partition coefficient (Wildman–Crippen LogP) is 2.17. The summed E-state index contributed by atoms with van der Waals surface area (Å²) in [6.45, 7) is 0.318. The summed E-state index contributed by atoms with van der Waals surface area (Å²) in [6, 6.07) is 2.42. The first kappa shape index (κ1) is 14.0. The summed E-state index contributed by atoms with van der Waals surface area (Å²) in [5, 5.41) is 8.77. The monoisotopic (exact) mass is 285 g/mol. The standard InChI is InChI=1S/C13H13ClFNO3/c14-8-4-5-9(15)11-10(8)12(18)13(19)16(11)6-2-1-3-7-17/h4-5,17H,1-3,6-7H2. The van der Waals surface area contributed by atoms with Crippen molar-refractivity contribution >= 4 is 29.0 Å². The SMILES string of the molecule is O=C1C(=O)N(CCCCCO)c2c(F)ccc(Cl)c21. The Bertz CT molecular complexity index is 533. The van der Waals surface area contributed by atoms with Crippen LogP contribution >= 0.6 is 11.6 Å². The van der Waals surface area contributed by atoms with Gasteiger partial charge in [0.1, 0.15) is 5.82 Å². The fourth-order valence-electron chi connectivity index (χ4n) is 2.12. The number of aliphatic hydroxyl groups is 1. The Hall–Kier alpha value is -1.46. The van der Waals surface area contributed by atoms with E-state index in [1.165, 1.54) is 6.07 Å². The first-order valence-electron chi connectivity index (χ1n) is 6.03. The summed E-state index contributed by atoms with van der Waals surface area (Å²) >= 11 is 5.85. The van der Waals surface area contributed by atoms with Crippen molar-refractivity contribution in [3.05, 3.63) is 28.5 Å². The van der Waals surface area contributed by atoms with E-state index < -0.39 is 17.5 Å². The maximum atomic E-state index is 13.8. The van der Waals surface area contributed by atoms with Gasteiger partial charge in [0.05, 0.1) is 16.3 Å². The number of Topliss-reactive ketones (excluding diaryl/α,β-unsaturated/α-hetero) is 1.